The first-order valence-electron chi connectivity index (χ1n) is 10.2. The van der Waals surface area contributed by atoms with Crippen LogP contribution in [0.25, 0.3) is 21.5 Å². The van der Waals surface area contributed by atoms with E-state index in [1.165, 1.54) is 16.0 Å². The lowest BCUT2D eigenvalue weighted by molar-refractivity contribution is -0.117. The van der Waals surface area contributed by atoms with Crippen LogP contribution in [0.5, 0.6) is 5.75 Å². The number of thiazole rings is 1. The number of aromatic nitrogens is 3. The van der Waals surface area contributed by atoms with Gasteiger partial charge in [-0.15, -0.1) is 11.3 Å². The minimum absolute atomic E-state index is 0.213. The van der Waals surface area contributed by atoms with Gasteiger partial charge in [0.15, 0.2) is 5.52 Å². The van der Waals surface area contributed by atoms with E-state index in [2.05, 4.69) is 15.4 Å². The average Bonchev–Trinajstić information content (AvgIpc) is 3.14. The van der Waals surface area contributed by atoms with Crippen LogP contribution in [-0.2, 0) is 11.3 Å². The quantitative estimate of drug-likeness (QED) is 0.489. The van der Waals surface area contributed by atoms with Crippen LogP contribution in [0.1, 0.15) is 21.7 Å². The number of amides is 1. The van der Waals surface area contributed by atoms with Crippen LogP contribution in [0.3, 0.4) is 0 Å². The van der Waals surface area contributed by atoms with E-state index < -0.39 is 0 Å². The van der Waals surface area contributed by atoms with Gasteiger partial charge < -0.3 is 10.1 Å². The van der Waals surface area contributed by atoms with Crippen LogP contribution in [-0.4, -0.2) is 27.8 Å². The minimum Gasteiger partial charge on any atom is -0.497 e. The molecule has 0 atom stereocenters. The van der Waals surface area contributed by atoms with Crippen molar-refractivity contribution in [2.75, 3.05) is 12.4 Å². The van der Waals surface area contributed by atoms with Crippen molar-refractivity contribution in [1.29, 1.82) is 0 Å². The Morgan fingerprint density at radius 3 is 2.53 bits per heavy atom. The zero-order valence-corrected chi connectivity index (χ0v) is 19.5. The molecule has 0 aliphatic carbocycles. The summed E-state index contributed by atoms with van der Waals surface area (Å²) < 4.78 is 7.22. The zero-order chi connectivity index (χ0) is 23.0. The minimum atomic E-state index is -0.386. The molecule has 4 rings (SSSR count). The van der Waals surface area contributed by atoms with Crippen LogP contribution in [0.2, 0.25) is 0 Å². The van der Waals surface area contributed by atoms with E-state index in [4.69, 9.17) is 4.74 Å². The zero-order valence-electron chi connectivity index (χ0n) is 18.6. The highest BCUT2D eigenvalue weighted by Crippen LogP contribution is 2.31. The van der Waals surface area contributed by atoms with Crippen molar-refractivity contribution in [1.82, 2.24) is 14.8 Å². The van der Waals surface area contributed by atoms with Gasteiger partial charge in [0.25, 0.3) is 5.56 Å². The van der Waals surface area contributed by atoms with Crippen molar-refractivity contribution in [2.45, 2.75) is 34.2 Å². The molecular weight excluding hydrogens is 424 g/mol. The van der Waals surface area contributed by atoms with Crippen molar-refractivity contribution in [2.24, 2.45) is 0 Å². The number of aryl methyl sites for hydroxylation is 4. The summed E-state index contributed by atoms with van der Waals surface area (Å²) in [6.45, 7) is 7.55. The van der Waals surface area contributed by atoms with Gasteiger partial charge in [0.1, 0.15) is 18.0 Å². The summed E-state index contributed by atoms with van der Waals surface area (Å²) in [5.74, 6) is 0.358. The second-order valence-corrected chi connectivity index (χ2v) is 8.98. The van der Waals surface area contributed by atoms with Gasteiger partial charge in [-0.25, -0.2) is 9.67 Å². The monoisotopic (exact) mass is 448 g/mol. The number of hydrogen-bond acceptors (Lipinski definition) is 6. The number of methoxy groups -OCH3 is 1. The third kappa shape index (κ3) is 4.13. The highest BCUT2D eigenvalue weighted by atomic mass is 32.1. The first-order chi connectivity index (χ1) is 15.3. The molecule has 0 saturated carbocycles. The number of carbonyl (C=O) groups is 1. The SMILES string of the molecule is COc1cccc(-c2nn(CC(=O)Nc3c(C)cc(C)cc3C)c(=O)c3nc(C)sc23)c1. The molecule has 0 aliphatic rings. The molecule has 0 fully saturated rings. The Balaban J connectivity index is 1.75. The topological polar surface area (TPSA) is 86.1 Å². The van der Waals surface area contributed by atoms with Gasteiger partial charge in [-0.05, 0) is 51.0 Å². The summed E-state index contributed by atoms with van der Waals surface area (Å²) in [7, 11) is 1.60. The fraction of sp³-hybridized carbons (Fsp3) is 0.250. The smallest absolute Gasteiger partial charge is 0.294 e. The summed E-state index contributed by atoms with van der Waals surface area (Å²) in [5, 5.41) is 8.25. The maximum Gasteiger partial charge on any atom is 0.294 e. The van der Waals surface area contributed by atoms with Crippen molar-refractivity contribution in [3.63, 3.8) is 0 Å². The lowest BCUT2D eigenvalue weighted by Crippen LogP contribution is -2.30. The molecular formula is C24H24N4O3S. The summed E-state index contributed by atoms with van der Waals surface area (Å²) in [5.41, 5.74) is 5.14. The normalized spacial score (nSPS) is 11.0. The van der Waals surface area contributed by atoms with E-state index in [0.29, 0.717) is 21.7 Å². The molecule has 0 spiro atoms. The Hall–Kier alpha value is -3.52. The molecule has 32 heavy (non-hydrogen) atoms. The molecule has 7 nitrogen and oxygen atoms in total. The Labute approximate surface area is 189 Å². The maximum atomic E-state index is 13.1. The standard InChI is InChI=1S/C24H24N4O3S/c1-13-9-14(2)20(15(3)10-13)26-19(29)12-28-24(30)22-23(32-16(4)25-22)21(27-28)17-7-6-8-18(11-17)31-5/h6-11H,12H2,1-5H3,(H,26,29). The number of rotatable bonds is 5. The van der Waals surface area contributed by atoms with Crippen molar-refractivity contribution in [3.05, 3.63) is 68.4 Å². The number of nitrogens with one attached hydrogen (secondary N) is 1. The number of anilines is 1. The Morgan fingerprint density at radius 2 is 1.84 bits per heavy atom. The Bertz CT molecular complexity index is 1380. The summed E-state index contributed by atoms with van der Waals surface area (Å²) in [4.78, 5) is 30.3. The number of nitrogens with zero attached hydrogens (tertiary/aromatic N) is 3. The molecule has 1 N–H and O–H groups in total. The summed E-state index contributed by atoms with van der Waals surface area (Å²) in [6, 6.07) is 11.5. The lowest BCUT2D eigenvalue weighted by atomic mass is 10.1. The van der Waals surface area contributed by atoms with Crippen molar-refractivity contribution < 1.29 is 9.53 Å². The van der Waals surface area contributed by atoms with E-state index >= 15 is 0 Å². The van der Waals surface area contributed by atoms with E-state index in [-0.39, 0.29) is 18.0 Å². The molecule has 0 saturated heterocycles. The van der Waals surface area contributed by atoms with Crippen molar-refractivity contribution in [3.8, 4) is 17.0 Å². The number of benzene rings is 2. The van der Waals surface area contributed by atoms with Crippen molar-refractivity contribution >= 4 is 33.1 Å². The first-order valence-corrected chi connectivity index (χ1v) is 11.0. The molecule has 0 bridgehead atoms. The van der Waals surface area contributed by atoms with Gasteiger partial charge in [-0.1, -0.05) is 29.8 Å². The van der Waals surface area contributed by atoms with E-state index in [9.17, 15) is 9.59 Å². The van der Waals surface area contributed by atoms with Gasteiger partial charge in [0, 0.05) is 11.3 Å². The summed E-state index contributed by atoms with van der Waals surface area (Å²) in [6.07, 6.45) is 0. The molecule has 0 unspecified atom stereocenters. The van der Waals surface area contributed by atoms with Crippen LogP contribution in [0.15, 0.2) is 41.2 Å². The third-order valence-electron chi connectivity index (χ3n) is 5.18. The fourth-order valence-electron chi connectivity index (χ4n) is 3.82. The fourth-order valence-corrected chi connectivity index (χ4v) is 4.74. The molecule has 2 heterocycles. The largest absolute Gasteiger partial charge is 0.497 e. The Kier molecular flexibility index (Phi) is 5.80. The van der Waals surface area contributed by atoms with Crippen LogP contribution in [0, 0.1) is 27.7 Å². The highest BCUT2D eigenvalue weighted by molar-refractivity contribution is 7.19. The maximum absolute atomic E-state index is 13.1. The third-order valence-corrected chi connectivity index (χ3v) is 6.16. The van der Waals surface area contributed by atoms with Crippen LogP contribution in [0.4, 0.5) is 5.69 Å². The van der Waals surface area contributed by atoms with Gasteiger partial charge in [0.05, 0.1) is 16.8 Å². The molecule has 0 aliphatic heterocycles. The lowest BCUT2D eigenvalue weighted by Gasteiger charge is -2.14. The second kappa shape index (κ2) is 8.55. The van der Waals surface area contributed by atoms with E-state index in [1.807, 2.05) is 64.1 Å². The molecule has 2 aromatic heterocycles. The molecule has 4 aromatic rings. The second-order valence-electron chi connectivity index (χ2n) is 7.78. The molecule has 0 radical (unpaired) electrons. The van der Waals surface area contributed by atoms with Gasteiger partial charge in [-0.2, -0.15) is 5.10 Å². The molecule has 164 valence electrons. The first kappa shape index (κ1) is 21.7. The molecule has 1 amide bonds. The molecule has 2 aromatic carbocycles. The number of carbonyl (C=O) groups excluding carboxylic acids is 1. The molecule has 8 heteroatoms. The highest BCUT2D eigenvalue weighted by Gasteiger charge is 2.19. The average molecular weight is 449 g/mol. The van der Waals surface area contributed by atoms with Gasteiger partial charge >= 0.3 is 0 Å². The number of hydrogen-bond donors (Lipinski definition) is 1. The Morgan fingerprint density at radius 1 is 1.12 bits per heavy atom. The van der Waals surface area contributed by atoms with Gasteiger partial charge in [-0.3, -0.25) is 9.59 Å². The predicted octanol–water partition coefficient (Wildman–Crippen LogP) is 4.40. The number of ether oxygens (including phenoxy) is 1. The van der Waals surface area contributed by atoms with E-state index in [0.717, 1.165) is 32.9 Å². The van der Waals surface area contributed by atoms with E-state index in [1.54, 1.807) is 7.11 Å². The van der Waals surface area contributed by atoms with Crippen LogP contribution >= 0.6 is 11.3 Å². The predicted molar refractivity (Wildman–Crippen MR) is 128 cm³/mol. The summed E-state index contributed by atoms with van der Waals surface area (Å²) >= 11 is 1.41. The number of fused-ring (bicyclic) bond motifs is 1. The van der Waals surface area contributed by atoms with Gasteiger partial charge in [0.2, 0.25) is 5.91 Å². The van der Waals surface area contributed by atoms with Crippen LogP contribution < -0.4 is 15.6 Å².